The van der Waals surface area contributed by atoms with Crippen LogP contribution in [0.2, 0.25) is 0 Å². The topological polar surface area (TPSA) is 95.9 Å². The number of aromatic nitrogens is 4. The number of nitrogens with one attached hydrogen (secondary N) is 2. The van der Waals surface area contributed by atoms with E-state index in [1.54, 1.807) is 0 Å². The van der Waals surface area contributed by atoms with Crippen LogP contribution in [0.3, 0.4) is 0 Å². The van der Waals surface area contributed by atoms with Gasteiger partial charge in [-0.25, -0.2) is 14.7 Å². The van der Waals surface area contributed by atoms with Gasteiger partial charge in [0.25, 0.3) is 5.56 Å². The first-order valence-electron chi connectivity index (χ1n) is 10.9. The van der Waals surface area contributed by atoms with Gasteiger partial charge >= 0.3 is 0 Å². The number of para-hydroxylation sites is 3. The SMILES string of the molecule is CC1(C)CC(=O)C2C(=Nc3[nH]n(-c4ccccc4)c(=O)c3C2c2nc3ccccc3[nH]2)C1. The number of benzene rings is 2. The van der Waals surface area contributed by atoms with Crippen molar-refractivity contribution in [2.24, 2.45) is 16.3 Å². The molecule has 4 aromatic rings. The molecule has 0 radical (unpaired) electrons. The van der Waals surface area contributed by atoms with Gasteiger partial charge in [-0.05, 0) is 36.1 Å². The molecule has 7 heteroatoms. The largest absolute Gasteiger partial charge is 0.341 e. The molecular formula is C25H23N5O2. The molecule has 32 heavy (non-hydrogen) atoms. The third-order valence-corrected chi connectivity index (χ3v) is 6.54. The van der Waals surface area contributed by atoms with Crippen molar-refractivity contribution in [3.8, 4) is 5.69 Å². The Bertz CT molecular complexity index is 1420. The van der Waals surface area contributed by atoms with Gasteiger partial charge in [-0.2, -0.15) is 0 Å². The van der Waals surface area contributed by atoms with Crippen LogP contribution < -0.4 is 5.56 Å². The average Bonchev–Trinajstić information content (AvgIpc) is 3.33. The van der Waals surface area contributed by atoms with Crippen molar-refractivity contribution in [2.45, 2.75) is 32.6 Å². The lowest BCUT2D eigenvalue weighted by atomic mass is 9.65. The van der Waals surface area contributed by atoms with Gasteiger partial charge < -0.3 is 4.98 Å². The Morgan fingerprint density at radius 3 is 2.50 bits per heavy atom. The monoisotopic (exact) mass is 425 g/mol. The molecule has 2 aromatic heterocycles. The normalized spacial score (nSPS) is 21.8. The molecule has 0 amide bonds. The predicted octanol–water partition coefficient (Wildman–Crippen LogP) is 4.27. The minimum Gasteiger partial charge on any atom is -0.341 e. The second-order valence-electron chi connectivity index (χ2n) is 9.53. The Labute approximate surface area is 184 Å². The highest BCUT2D eigenvalue weighted by Crippen LogP contribution is 2.47. The van der Waals surface area contributed by atoms with Gasteiger partial charge in [0.2, 0.25) is 0 Å². The number of ketones is 1. The molecule has 3 heterocycles. The van der Waals surface area contributed by atoms with Crippen LogP contribution in [0.1, 0.15) is 44.0 Å². The lowest BCUT2D eigenvalue weighted by Crippen LogP contribution is -2.43. The number of aromatic amines is 2. The zero-order valence-corrected chi connectivity index (χ0v) is 17.9. The zero-order chi connectivity index (χ0) is 22.0. The molecule has 2 unspecified atom stereocenters. The summed E-state index contributed by atoms with van der Waals surface area (Å²) in [7, 11) is 0. The number of hydrogen-bond donors (Lipinski definition) is 2. The van der Waals surface area contributed by atoms with E-state index in [2.05, 4.69) is 23.9 Å². The van der Waals surface area contributed by atoms with E-state index in [9.17, 15) is 9.59 Å². The number of fused-ring (bicyclic) bond motifs is 3. The first-order chi connectivity index (χ1) is 15.4. The predicted molar refractivity (Wildman–Crippen MR) is 123 cm³/mol. The van der Waals surface area contributed by atoms with Crippen molar-refractivity contribution in [2.75, 3.05) is 0 Å². The minimum absolute atomic E-state index is 0.114. The molecule has 1 fully saturated rings. The van der Waals surface area contributed by atoms with Gasteiger partial charge in [0.05, 0.1) is 34.1 Å². The molecule has 1 saturated carbocycles. The maximum Gasteiger partial charge on any atom is 0.277 e. The fourth-order valence-electron chi connectivity index (χ4n) is 5.21. The number of rotatable bonds is 2. The maximum atomic E-state index is 13.6. The Hall–Kier alpha value is -3.74. The molecule has 1 aliphatic heterocycles. The lowest BCUT2D eigenvalue weighted by Gasteiger charge is -2.38. The number of H-pyrrole nitrogens is 2. The van der Waals surface area contributed by atoms with Gasteiger partial charge in [-0.1, -0.05) is 44.2 Å². The fourth-order valence-corrected chi connectivity index (χ4v) is 5.21. The summed E-state index contributed by atoms with van der Waals surface area (Å²) in [5.41, 5.74) is 3.39. The third kappa shape index (κ3) is 2.81. The molecule has 1 aliphatic carbocycles. The van der Waals surface area contributed by atoms with Gasteiger partial charge in [0, 0.05) is 12.1 Å². The fraction of sp³-hybridized carbons (Fsp3) is 0.280. The molecule has 160 valence electrons. The third-order valence-electron chi connectivity index (χ3n) is 6.54. The van der Waals surface area contributed by atoms with Gasteiger partial charge in [-0.3, -0.25) is 14.7 Å². The summed E-state index contributed by atoms with van der Waals surface area (Å²) in [5.74, 6) is 0.282. The number of Topliss-reactive ketones (excluding diaryl/α,β-unsaturated/α-hetero) is 1. The van der Waals surface area contributed by atoms with Crippen LogP contribution in [-0.2, 0) is 4.79 Å². The van der Waals surface area contributed by atoms with Gasteiger partial charge in [-0.15, -0.1) is 0 Å². The summed E-state index contributed by atoms with van der Waals surface area (Å²) in [6.45, 7) is 4.18. The molecule has 2 atom stereocenters. The first-order valence-corrected chi connectivity index (χ1v) is 10.9. The van der Waals surface area contributed by atoms with Gasteiger partial charge in [0.15, 0.2) is 5.82 Å². The Kier molecular flexibility index (Phi) is 3.93. The minimum atomic E-state index is -0.498. The van der Waals surface area contributed by atoms with Crippen molar-refractivity contribution in [1.82, 2.24) is 19.7 Å². The van der Waals surface area contributed by atoms with Crippen LogP contribution in [-0.4, -0.2) is 31.2 Å². The van der Waals surface area contributed by atoms with E-state index in [0.717, 1.165) is 22.4 Å². The summed E-state index contributed by atoms with van der Waals surface area (Å²) >= 11 is 0. The number of carbonyl (C=O) groups is 1. The van der Waals surface area contributed by atoms with Crippen LogP contribution in [0.4, 0.5) is 5.82 Å². The molecule has 6 rings (SSSR count). The number of aliphatic imine (C=N–C) groups is 1. The summed E-state index contributed by atoms with van der Waals surface area (Å²) in [5, 5.41) is 3.19. The molecule has 0 bridgehead atoms. The molecule has 7 nitrogen and oxygen atoms in total. The summed E-state index contributed by atoms with van der Waals surface area (Å²) in [6.07, 6.45) is 1.16. The smallest absolute Gasteiger partial charge is 0.277 e. The van der Waals surface area contributed by atoms with Gasteiger partial charge in [0.1, 0.15) is 11.6 Å². The first kappa shape index (κ1) is 19.0. The summed E-state index contributed by atoms with van der Waals surface area (Å²) < 4.78 is 1.51. The highest BCUT2D eigenvalue weighted by Gasteiger charge is 2.48. The molecule has 0 spiro atoms. The van der Waals surface area contributed by atoms with Crippen LogP contribution in [0.15, 0.2) is 64.4 Å². The quantitative estimate of drug-likeness (QED) is 0.502. The average molecular weight is 425 g/mol. The number of carbonyl (C=O) groups excluding carboxylic acids is 1. The van der Waals surface area contributed by atoms with Crippen molar-refractivity contribution in [3.63, 3.8) is 0 Å². The highest BCUT2D eigenvalue weighted by atomic mass is 16.1. The van der Waals surface area contributed by atoms with E-state index in [-0.39, 0.29) is 16.8 Å². The number of hydrogen-bond acceptors (Lipinski definition) is 4. The van der Waals surface area contributed by atoms with Crippen molar-refractivity contribution < 1.29 is 4.79 Å². The van der Waals surface area contributed by atoms with E-state index >= 15 is 0 Å². The van der Waals surface area contributed by atoms with E-state index in [1.165, 1.54) is 4.68 Å². The number of imidazole rings is 1. The lowest BCUT2D eigenvalue weighted by molar-refractivity contribution is -0.124. The molecule has 2 aliphatic rings. The van der Waals surface area contributed by atoms with E-state index in [4.69, 9.17) is 9.98 Å². The van der Waals surface area contributed by atoms with Crippen molar-refractivity contribution >= 4 is 28.3 Å². The number of nitrogens with zero attached hydrogens (tertiary/aromatic N) is 3. The van der Waals surface area contributed by atoms with Crippen LogP contribution in [0.25, 0.3) is 16.7 Å². The Balaban J connectivity index is 1.61. The van der Waals surface area contributed by atoms with Crippen LogP contribution in [0.5, 0.6) is 0 Å². The Morgan fingerprint density at radius 2 is 1.72 bits per heavy atom. The summed E-state index contributed by atoms with van der Waals surface area (Å²) in [4.78, 5) is 40.0. The standard InChI is InChI=1S/C25H23N5O2/c1-25(2)12-17-19(18(31)13-25)20(22-26-15-10-6-7-11-16(15)27-22)21-23(28-17)29-30(24(21)32)14-8-4-3-5-9-14/h3-11,19-20,29H,12-13H2,1-2H3,(H,26,27). The second-order valence-corrected chi connectivity index (χ2v) is 9.53. The van der Waals surface area contributed by atoms with Crippen LogP contribution >= 0.6 is 0 Å². The van der Waals surface area contributed by atoms with Crippen LogP contribution in [0, 0.1) is 11.3 Å². The Morgan fingerprint density at radius 1 is 0.969 bits per heavy atom. The van der Waals surface area contributed by atoms with E-state index in [0.29, 0.717) is 30.0 Å². The summed E-state index contributed by atoms with van der Waals surface area (Å²) in [6, 6.07) is 17.2. The van der Waals surface area contributed by atoms with E-state index in [1.807, 2.05) is 54.6 Å². The molecule has 2 N–H and O–H groups in total. The second kappa shape index (κ2) is 6.63. The zero-order valence-electron chi connectivity index (χ0n) is 17.9. The molecular weight excluding hydrogens is 402 g/mol. The maximum absolute atomic E-state index is 13.6. The van der Waals surface area contributed by atoms with Crippen molar-refractivity contribution in [1.29, 1.82) is 0 Å². The van der Waals surface area contributed by atoms with Crippen molar-refractivity contribution in [3.05, 3.63) is 76.3 Å². The highest BCUT2D eigenvalue weighted by molar-refractivity contribution is 6.11. The molecule has 2 aromatic carbocycles. The van der Waals surface area contributed by atoms with E-state index < -0.39 is 11.8 Å². The molecule has 0 saturated heterocycles.